The molecule has 8 heteroatoms. The van der Waals surface area contributed by atoms with Crippen molar-refractivity contribution >= 4 is 11.9 Å². The van der Waals surface area contributed by atoms with Crippen molar-refractivity contribution in [3.8, 4) is 17.0 Å². The molecule has 0 bridgehead atoms. The van der Waals surface area contributed by atoms with Crippen LogP contribution in [0.15, 0.2) is 42.7 Å². The largest absolute Gasteiger partial charge is 0.497 e. The lowest BCUT2D eigenvalue weighted by atomic mass is 10.0. The highest BCUT2D eigenvalue weighted by Crippen LogP contribution is 2.37. The second-order valence-electron chi connectivity index (χ2n) is 8.02. The molecule has 2 saturated heterocycles. The number of likely N-dealkylation sites (tertiary alicyclic amines) is 1. The zero-order valence-corrected chi connectivity index (χ0v) is 17.6. The SMILES string of the molecule is COc1cccc(C(=O)N2CCCC2c2[nH]ncc2-c2ccnc(N3CCCC3)n2)c1. The molecule has 0 aliphatic carbocycles. The van der Waals surface area contributed by atoms with Gasteiger partial charge in [0.05, 0.1) is 30.7 Å². The molecule has 2 aromatic heterocycles. The smallest absolute Gasteiger partial charge is 0.254 e. The lowest BCUT2D eigenvalue weighted by molar-refractivity contribution is 0.0733. The predicted molar refractivity (Wildman–Crippen MR) is 117 cm³/mol. The number of ether oxygens (including phenoxy) is 1. The van der Waals surface area contributed by atoms with Crippen molar-refractivity contribution in [2.45, 2.75) is 31.7 Å². The number of aromatic amines is 1. The number of carbonyl (C=O) groups is 1. The molecule has 2 fully saturated rings. The molecule has 2 aliphatic heterocycles. The minimum absolute atomic E-state index is 0.00222. The van der Waals surface area contributed by atoms with Gasteiger partial charge in [0, 0.05) is 37.0 Å². The highest BCUT2D eigenvalue weighted by atomic mass is 16.5. The molecule has 1 N–H and O–H groups in total. The molecule has 0 saturated carbocycles. The summed E-state index contributed by atoms with van der Waals surface area (Å²) < 4.78 is 5.29. The third-order valence-corrected chi connectivity index (χ3v) is 6.14. The van der Waals surface area contributed by atoms with E-state index in [9.17, 15) is 4.79 Å². The minimum atomic E-state index is -0.0681. The van der Waals surface area contributed by atoms with Gasteiger partial charge in [-0.1, -0.05) is 6.07 Å². The fourth-order valence-electron chi connectivity index (χ4n) is 4.55. The Morgan fingerprint density at radius 1 is 1.16 bits per heavy atom. The van der Waals surface area contributed by atoms with Crippen LogP contribution in [-0.2, 0) is 0 Å². The van der Waals surface area contributed by atoms with E-state index in [1.807, 2.05) is 29.2 Å². The summed E-state index contributed by atoms with van der Waals surface area (Å²) in [6.07, 6.45) is 7.79. The van der Waals surface area contributed by atoms with Crippen molar-refractivity contribution in [2.75, 3.05) is 31.6 Å². The van der Waals surface area contributed by atoms with E-state index in [-0.39, 0.29) is 11.9 Å². The number of amides is 1. The number of hydrogen-bond donors (Lipinski definition) is 1. The Morgan fingerprint density at radius 2 is 2.03 bits per heavy atom. The number of anilines is 1. The molecule has 8 nitrogen and oxygen atoms in total. The van der Waals surface area contributed by atoms with Gasteiger partial charge in [-0.2, -0.15) is 5.10 Å². The lowest BCUT2D eigenvalue weighted by Gasteiger charge is -2.25. The average Bonchev–Trinajstić information content (AvgIpc) is 3.59. The van der Waals surface area contributed by atoms with Crippen LogP contribution in [0.1, 0.15) is 47.8 Å². The molecule has 4 heterocycles. The molecule has 2 aliphatic rings. The Labute approximate surface area is 181 Å². The first-order valence-electron chi connectivity index (χ1n) is 10.8. The molecule has 0 spiro atoms. The summed E-state index contributed by atoms with van der Waals surface area (Å²) in [5, 5.41) is 7.46. The lowest BCUT2D eigenvalue weighted by Crippen LogP contribution is -2.31. The number of benzene rings is 1. The van der Waals surface area contributed by atoms with E-state index in [1.165, 1.54) is 12.8 Å². The first-order chi connectivity index (χ1) is 15.2. The number of rotatable bonds is 5. The van der Waals surface area contributed by atoms with E-state index in [4.69, 9.17) is 9.72 Å². The molecule has 1 unspecified atom stereocenters. The van der Waals surface area contributed by atoms with Gasteiger partial charge in [-0.05, 0) is 49.9 Å². The van der Waals surface area contributed by atoms with Gasteiger partial charge in [0.15, 0.2) is 0 Å². The second kappa shape index (κ2) is 8.37. The standard InChI is InChI=1S/C23H26N6O2/c1-31-17-7-4-6-16(14-17)22(30)29-13-5-8-20(29)21-18(15-25-27-21)19-9-10-24-23(26-19)28-11-2-3-12-28/h4,6-7,9-10,14-15,20H,2-3,5,8,11-13H2,1H3,(H,25,27). The second-order valence-corrected chi connectivity index (χ2v) is 8.02. The van der Waals surface area contributed by atoms with E-state index in [0.717, 1.165) is 48.8 Å². The summed E-state index contributed by atoms with van der Waals surface area (Å²) >= 11 is 0. The van der Waals surface area contributed by atoms with Crippen molar-refractivity contribution < 1.29 is 9.53 Å². The predicted octanol–water partition coefficient (Wildman–Crippen LogP) is 3.45. The number of methoxy groups -OCH3 is 1. The zero-order valence-electron chi connectivity index (χ0n) is 17.6. The molecule has 3 aromatic rings. The first-order valence-corrected chi connectivity index (χ1v) is 10.8. The zero-order chi connectivity index (χ0) is 21.2. The van der Waals surface area contributed by atoms with Gasteiger partial charge in [0.25, 0.3) is 5.91 Å². The first kappa shape index (κ1) is 19.5. The number of nitrogens with zero attached hydrogens (tertiary/aromatic N) is 5. The van der Waals surface area contributed by atoms with Gasteiger partial charge in [-0.15, -0.1) is 0 Å². The molecule has 0 radical (unpaired) electrons. The van der Waals surface area contributed by atoms with E-state index in [2.05, 4.69) is 20.1 Å². The van der Waals surface area contributed by atoms with Crippen LogP contribution in [0.2, 0.25) is 0 Å². The van der Waals surface area contributed by atoms with Crippen molar-refractivity contribution in [1.29, 1.82) is 0 Å². The maximum Gasteiger partial charge on any atom is 0.254 e. The summed E-state index contributed by atoms with van der Waals surface area (Å²) in [5.74, 6) is 1.44. The molecule has 1 aromatic carbocycles. The van der Waals surface area contributed by atoms with E-state index < -0.39 is 0 Å². The highest BCUT2D eigenvalue weighted by molar-refractivity contribution is 5.95. The molecular formula is C23H26N6O2. The van der Waals surface area contributed by atoms with Crippen LogP contribution in [0.25, 0.3) is 11.3 Å². The average molecular weight is 419 g/mol. The monoisotopic (exact) mass is 418 g/mol. The Balaban J connectivity index is 1.44. The molecule has 160 valence electrons. The van der Waals surface area contributed by atoms with E-state index in [0.29, 0.717) is 17.9 Å². The van der Waals surface area contributed by atoms with Crippen LogP contribution in [0.3, 0.4) is 0 Å². The van der Waals surface area contributed by atoms with Crippen molar-refractivity contribution in [3.63, 3.8) is 0 Å². The van der Waals surface area contributed by atoms with Crippen LogP contribution in [-0.4, -0.2) is 57.7 Å². The quantitative estimate of drug-likeness (QED) is 0.683. The topological polar surface area (TPSA) is 87.2 Å². The Kier molecular flexibility index (Phi) is 5.28. The number of nitrogens with one attached hydrogen (secondary N) is 1. The van der Waals surface area contributed by atoms with Gasteiger partial charge in [-0.25, -0.2) is 9.97 Å². The van der Waals surface area contributed by atoms with Gasteiger partial charge in [0.2, 0.25) is 5.95 Å². The van der Waals surface area contributed by atoms with Crippen molar-refractivity contribution in [1.82, 2.24) is 25.1 Å². The summed E-state index contributed by atoms with van der Waals surface area (Å²) in [6, 6.07) is 9.16. The summed E-state index contributed by atoms with van der Waals surface area (Å²) in [4.78, 5) is 26.7. The van der Waals surface area contributed by atoms with E-state index >= 15 is 0 Å². The van der Waals surface area contributed by atoms with Crippen LogP contribution in [0.4, 0.5) is 5.95 Å². The van der Waals surface area contributed by atoms with Crippen molar-refractivity contribution in [2.24, 2.45) is 0 Å². The maximum atomic E-state index is 13.3. The Hall–Kier alpha value is -3.42. The molecular weight excluding hydrogens is 392 g/mol. The third-order valence-electron chi connectivity index (χ3n) is 6.14. The van der Waals surface area contributed by atoms with Crippen LogP contribution in [0, 0.1) is 0 Å². The summed E-state index contributed by atoms with van der Waals surface area (Å²) in [6.45, 7) is 2.70. The van der Waals surface area contributed by atoms with Crippen LogP contribution < -0.4 is 9.64 Å². The molecule has 1 atom stereocenters. The summed E-state index contributed by atoms with van der Waals surface area (Å²) in [7, 11) is 1.61. The third kappa shape index (κ3) is 3.73. The van der Waals surface area contributed by atoms with Gasteiger partial charge >= 0.3 is 0 Å². The normalized spacial score (nSPS) is 18.5. The number of carbonyl (C=O) groups excluding carboxylic acids is 1. The maximum absolute atomic E-state index is 13.3. The Morgan fingerprint density at radius 3 is 2.87 bits per heavy atom. The fraction of sp³-hybridized carbons (Fsp3) is 0.391. The number of H-pyrrole nitrogens is 1. The minimum Gasteiger partial charge on any atom is -0.497 e. The fourth-order valence-corrected chi connectivity index (χ4v) is 4.55. The van der Waals surface area contributed by atoms with E-state index in [1.54, 1.807) is 25.6 Å². The Bertz CT molecular complexity index is 1080. The molecule has 31 heavy (non-hydrogen) atoms. The number of hydrogen-bond acceptors (Lipinski definition) is 6. The van der Waals surface area contributed by atoms with Crippen LogP contribution in [0.5, 0.6) is 5.75 Å². The van der Waals surface area contributed by atoms with Gasteiger partial charge in [-0.3, -0.25) is 9.89 Å². The van der Waals surface area contributed by atoms with Gasteiger partial charge in [0.1, 0.15) is 5.75 Å². The van der Waals surface area contributed by atoms with Crippen LogP contribution >= 0.6 is 0 Å². The summed E-state index contributed by atoms with van der Waals surface area (Å²) in [5.41, 5.74) is 3.32. The van der Waals surface area contributed by atoms with Gasteiger partial charge < -0.3 is 14.5 Å². The molecule has 1 amide bonds. The highest BCUT2D eigenvalue weighted by Gasteiger charge is 2.34. The molecule has 5 rings (SSSR count). The van der Waals surface area contributed by atoms with Crippen molar-refractivity contribution in [3.05, 3.63) is 54.0 Å². The number of aromatic nitrogens is 4.